The Bertz CT molecular complexity index is 770. The van der Waals surface area contributed by atoms with Crippen molar-refractivity contribution in [3.8, 4) is 0 Å². The van der Waals surface area contributed by atoms with Crippen molar-refractivity contribution >= 4 is 17.7 Å². The van der Waals surface area contributed by atoms with E-state index in [2.05, 4.69) is 68.5 Å². The molecule has 1 aromatic carbocycles. The van der Waals surface area contributed by atoms with Gasteiger partial charge in [-0.3, -0.25) is 15.0 Å². The zero-order chi connectivity index (χ0) is 19.3. The maximum Gasteiger partial charge on any atom is 0.240 e. The Morgan fingerprint density at radius 1 is 1.14 bits per heavy atom. The molecule has 2 aliphatic heterocycles. The van der Waals surface area contributed by atoms with Gasteiger partial charge in [-0.15, -0.1) is 11.8 Å². The van der Waals surface area contributed by atoms with E-state index in [1.807, 2.05) is 18.8 Å². The molecule has 150 valence electrons. The van der Waals surface area contributed by atoms with Crippen LogP contribution in [0.15, 0.2) is 48.8 Å². The number of piperazine rings is 1. The predicted molar refractivity (Wildman–Crippen MR) is 115 cm³/mol. The highest BCUT2D eigenvalue weighted by atomic mass is 32.2. The summed E-state index contributed by atoms with van der Waals surface area (Å²) in [5.41, 5.74) is 2.67. The van der Waals surface area contributed by atoms with Crippen molar-refractivity contribution in [2.24, 2.45) is 7.05 Å². The summed E-state index contributed by atoms with van der Waals surface area (Å²) in [6, 6.07) is 12.8. The topological polar surface area (TPSA) is 40.5 Å². The van der Waals surface area contributed by atoms with Gasteiger partial charge in [0.25, 0.3) is 0 Å². The molecule has 0 saturated carbocycles. The first kappa shape index (κ1) is 19.6. The summed E-state index contributed by atoms with van der Waals surface area (Å²) in [6.45, 7) is 4.79. The van der Waals surface area contributed by atoms with Crippen molar-refractivity contribution < 1.29 is 4.79 Å². The second kappa shape index (κ2) is 9.16. The number of thioether (sulfide) groups is 1. The fourth-order valence-electron chi connectivity index (χ4n) is 4.05. The minimum absolute atomic E-state index is 0.0557. The third-order valence-electron chi connectivity index (χ3n) is 5.70. The fourth-order valence-corrected chi connectivity index (χ4v) is 5.27. The molecule has 0 radical (unpaired) electrons. The minimum atomic E-state index is -0.0557. The van der Waals surface area contributed by atoms with Gasteiger partial charge in [-0.1, -0.05) is 30.3 Å². The number of amides is 1. The SMILES string of the molecule is Cn1ccc(C2NC(C(=O)N3CCN(CCCc4ccccc4)CC3)CS2)c1. The van der Waals surface area contributed by atoms with E-state index < -0.39 is 0 Å². The van der Waals surface area contributed by atoms with Crippen molar-refractivity contribution in [1.29, 1.82) is 0 Å². The van der Waals surface area contributed by atoms with Crippen LogP contribution >= 0.6 is 11.8 Å². The van der Waals surface area contributed by atoms with Gasteiger partial charge in [-0.25, -0.2) is 0 Å². The highest BCUT2D eigenvalue weighted by Gasteiger charge is 2.34. The van der Waals surface area contributed by atoms with E-state index >= 15 is 0 Å². The highest BCUT2D eigenvalue weighted by Crippen LogP contribution is 2.33. The summed E-state index contributed by atoms with van der Waals surface area (Å²) in [7, 11) is 2.03. The molecular weight excluding hydrogens is 368 g/mol. The van der Waals surface area contributed by atoms with Crippen LogP contribution in [0.1, 0.15) is 22.9 Å². The van der Waals surface area contributed by atoms with Gasteiger partial charge in [0.05, 0.1) is 11.4 Å². The van der Waals surface area contributed by atoms with Gasteiger partial charge in [0.2, 0.25) is 5.91 Å². The molecule has 0 bridgehead atoms. The number of hydrogen-bond donors (Lipinski definition) is 1. The number of aryl methyl sites for hydroxylation is 2. The predicted octanol–water partition coefficient (Wildman–Crippen LogP) is 2.51. The smallest absolute Gasteiger partial charge is 0.240 e. The summed E-state index contributed by atoms with van der Waals surface area (Å²) in [4.78, 5) is 17.5. The second-order valence-electron chi connectivity index (χ2n) is 7.80. The quantitative estimate of drug-likeness (QED) is 0.812. The van der Waals surface area contributed by atoms with Crippen molar-refractivity contribution in [1.82, 2.24) is 19.7 Å². The molecule has 2 unspecified atom stereocenters. The van der Waals surface area contributed by atoms with Crippen LogP contribution in [0.4, 0.5) is 0 Å². The molecule has 1 amide bonds. The monoisotopic (exact) mass is 398 g/mol. The summed E-state index contributed by atoms with van der Waals surface area (Å²) >= 11 is 1.84. The first-order valence-electron chi connectivity index (χ1n) is 10.2. The standard InChI is InChI=1S/C22H30N4OS/c1-24-11-9-19(16-24)21-23-20(17-28-21)22(27)26-14-12-25(13-15-26)10-5-8-18-6-3-2-4-7-18/h2-4,6-7,9,11,16,20-21,23H,5,8,10,12-15,17H2,1H3. The van der Waals surface area contributed by atoms with Crippen LogP contribution in [0.25, 0.3) is 0 Å². The first-order valence-corrected chi connectivity index (χ1v) is 11.3. The van der Waals surface area contributed by atoms with Gasteiger partial charge in [0.15, 0.2) is 0 Å². The van der Waals surface area contributed by atoms with Crippen molar-refractivity contribution in [2.45, 2.75) is 24.3 Å². The lowest BCUT2D eigenvalue weighted by atomic mass is 10.1. The van der Waals surface area contributed by atoms with E-state index in [-0.39, 0.29) is 17.3 Å². The van der Waals surface area contributed by atoms with Gasteiger partial charge in [-0.2, -0.15) is 0 Å². The maximum absolute atomic E-state index is 12.9. The lowest BCUT2D eigenvalue weighted by Gasteiger charge is -2.36. The molecule has 2 aliphatic rings. The number of benzene rings is 1. The molecule has 1 aromatic heterocycles. The number of hydrogen-bond acceptors (Lipinski definition) is 4. The molecule has 2 aromatic rings. The largest absolute Gasteiger partial charge is 0.357 e. The molecule has 0 spiro atoms. The van der Waals surface area contributed by atoms with E-state index in [1.54, 1.807) is 0 Å². The summed E-state index contributed by atoms with van der Waals surface area (Å²) in [6.07, 6.45) is 6.50. The molecular formula is C22H30N4OS. The summed E-state index contributed by atoms with van der Waals surface area (Å²) in [5, 5.41) is 3.76. The Hall–Kier alpha value is -1.76. The number of nitrogens with zero attached hydrogens (tertiary/aromatic N) is 3. The van der Waals surface area contributed by atoms with Crippen LogP contribution in [-0.2, 0) is 18.3 Å². The normalized spacial score (nSPS) is 23.2. The molecule has 4 rings (SSSR count). The minimum Gasteiger partial charge on any atom is -0.357 e. The first-order chi connectivity index (χ1) is 13.7. The third kappa shape index (κ3) is 4.80. The Morgan fingerprint density at radius 3 is 2.64 bits per heavy atom. The summed E-state index contributed by atoms with van der Waals surface area (Å²) in [5.74, 6) is 1.13. The van der Waals surface area contributed by atoms with Gasteiger partial charge in [0, 0.05) is 51.4 Å². The van der Waals surface area contributed by atoms with Crippen LogP contribution in [-0.4, -0.2) is 64.8 Å². The molecule has 5 nitrogen and oxygen atoms in total. The lowest BCUT2D eigenvalue weighted by molar-refractivity contribution is -0.134. The Kier molecular flexibility index (Phi) is 6.40. The van der Waals surface area contributed by atoms with Gasteiger partial charge < -0.3 is 9.47 Å². The molecule has 2 saturated heterocycles. The third-order valence-corrected chi connectivity index (χ3v) is 6.97. The van der Waals surface area contributed by atoms with Gasteiger partial charge in [0.1, 0.15) is 0 Å². The molecule has 2 fully saturated rings. The maximum atomic E-state index is 12.9. The molecule has 1 N–H and O–H groups in total. The Morgan fingerprint density at radius 2 is 1.93 bits per heavy atom. The molecule has 2 atom stereocenters. The zero-order valence-electron chi connectivity index (χ0n) is 16.6. The number of aromatic nitrogens is 1. The van der Waals surface area contributed by atoms with Crippen LogP contribution in [0.3, 0.4) is 0 Å². The number of rotatable bonds is 6. The van der Waals surface area contributed by atoms with Crippen LogP contribution < -0.4 is 5.32 Å². The van der Waals surface area contributed by atoms with Crippen molar-refractivity contribution in [2.75, 3.05) is 38.5 Å². The molecule has 28 heavy (non-hydrogen) atoms. The van der Waals surface area contributed by atoms with Crippen LogP contribution in [0.5, 0.6) is 0 Å². The number of carbonyl (C=O) groups excluding carboxylic acids is 1. The highest BCUT2D eigenvalue weighted by molar-refractivity contribution is 7.99. The Balaban J connectivity index is 1.19. The summed E-state index contributed by atoms with van der Waals surface area (Å²) < 4.78 is 2.06. The zero-order valence-corrected chi connectivity index (χ0v) is 17.4. The van der Waals surface area contributed by atoms with E-state index in [0.717, 1.165) is 44.9 Å². The van der Waals surface area contributed by atoms with Crippen molar-refractivity contribution in [3.63, 3.8) is 0 Å². The molecule has 6 heteroatoms. The second-order valence-corrected chi connectivity index (χ2v) is 8.94. The van der Waals surface area contributed by atoms with E-state index in [0.29, 0.717) is 0 Å². The van der Waals surface area contributed by atoms with Crippen LogP contribution in [0, 0.1) is 0 Å². The average molecular weight is 399 g/mol. The molecule has 3 heterocycles. The Labute approximate surface area is 172 Å². The number of carbonyl (C=O) groups is 1. The fraction of sp³-hybridized carbons (Fsp3) is 0.500. The van der Waals surface area contributed by atoms with Gasteiger partial charge in [-0.05, 0) is 36.6 Å². The molecule has 0 aliphatic carbocycles. The number of nitrogens with one attached hydrogen (secondary N) is 1. The van der Waals surface area contributed by atoms with E-state index in [9.17, 15) is 4.79 Å². The van der Waals surface area contributed by atoms with E-state index in [1.165, 1.54) is 17.5 Å². The van der Waals surface area contributed by atoms with Crippen molar-refractivity contribution in [3.05, 3.63) is 59.9 Å². The van der Waals surface area contributed by atoms with Gasteiger partial charge >= 0.3 is 0 Å². The lowest BCUT2D eigenvalue weighted by Crippen LogP contribution is -2.53. The average Bonchev–Trinajstić information content (AvgIpc) is 3.38. The van der Waals surface area contributed by atoms with E-state index in [4.69, 9.17) is 0 Å². The van der Waals surface area contributed by atoms with Crippen LogP contribution in [0.2, 0.25) is 0 Å².